The molecule has 0 aromatic heterocycles. The average Bonchev–Trinajstić information content (AvgIpc) is 3.23. The van der Waals surface area contributed by atoms with Crippen LogP contribution in [0.25, 0.3) is 10.8 Å². The molecule has 7 heteroatoms. The third-order valence-electron chi connectivity index (χ3n) is 6.66. The molecule has 1 saturated heterocycles. The summed E-state index contributed by atoms with van der Waals surface area (Å²) in [7, 11) is -1.81. The molecule has 2 aliphatic rings. The number of hydrogen-bond donors (Lipinski definition) is 1. The summed E-state index contributed by atoms with van der Waals surface area (Å²) in [5.74, 6) is 1.00. The van der Waals surface area contributed by atoms with Gasteiger partial charge in [0.2, 0.25) is 10.0 Å². The van der Waals surface area contributed by atoms with Crippen LogP contribution in [0.15, 0.2) is 53.4 Å². The Morgan fingerprint density at radius 3 is 2.53 bits per heavy atom. The predicted molar refractivity (Wildman–Crippen MR) is 126 cm³/mol. The van der Waals surface area contributed by atoms with Gasteiger partial charge in [-0.15, -0.1) is 0 Å². The zero-order valence-corrected chi connectivity index (χ0v) is 19.1. The van der Waals surface area contributed by atoms with Crippen LogP contribution in [0.5, 0.6) is 11.5 Å². The van der Waals surface area contributed by atoms with E-state index in [0.29, 0.717) is 24.5 Å². The lowest BCUT2D eigenvalue weighted by atomic mass is 10.0. The van der Waals surface area contributed by atoms with Gasteiger partial charge in [-0.05, 0) is 72.0 Å². The zero-order valence-electron chi connectivity index (χ0n) is 18.3. The first-order valence-corrected chi connectivity index (χ1v) is 12.6. The summed E-state index contributed by atoms with van der Waals surface area (Å²) in [6, 6.07) is 15.0. The number of ether oxygens (including phenoxy) is 1. The highest BCUT2D eigenvalue weighted by atomic mass is 32.2. The summed E-state index contributed by atoms with van der Waals surface area (Å²) in [6.45, 7) is 2.54. The molecule has 1 N–H and O–H groups in total. The smallest absolute Gasteiger partial charge is 0.243 e. The van der Waals surface area contributed by atoms with Gasteiger partial charge in [-0.3, -0.25) is 0 Å². The molecule has 2 heterocycles. The Morgan fingerprint density at radius 2 is 1.75 bits per heavy atom. The lowest BCUT2D eigenvalue weighted by molar-refractivity contribution is 0.346. The molecule has 168 valence electrons. The first kappa shape index (κ1) is 21.1. The van der Waals surface area contributed by atoms with Crippen LogP contribution in [-0.2, 0) is 23.0 Å². The average molecular weight is 453 g/mol. The van der Waals surface area contributed by atoms with E-state index in [0.717, 1.165) is 65.6 Å². The quantitative estimate of drug-likeness (QED) is 0.625. The molecule has 32 heavy (non-hydrogen) atoms. The second-order valence-corrected chi connectivity index (χ2v) is 10.5. The number of phenolic OH excluding ortho intramolecular Hbond substituents is 1. The first-order chi connectivity index (χ1) is 15.5. The number of piperidine rings is 1. The van der Waals surface area contributed by atoms with E-state index >= 15 is 0 Å². The Hall–Kier alpha value is -2.77. The minimum atomic E-state index is -3.44. The summed E-state index contributed by atoms with van der Waals surface area (Å²) in [5, 5.41) is 12.6. The molecule has 0 unspecified atom stereocenters. The number of rotatable bonds is 5. The van der Waals surface area contributed by atoms with E-state index < -0.39 is 10.0 Å². The largest absolute Gasteiger partial charge is 0.508 e. The predicted octanol–water partition coefficient (Wildman–Crippen LogP) is 4.29. The van der Waals surface area contributed by atoms with Gasteiger partial charge in [0.05, 0.1) is 12.0 Å². The Balaban J connectivity index is 1.45. The lowest BCUT2D eigenvalue weighted by Gasteiger charge is -2.26. The maximum absolute atomic E-state index is 13.1. The van der Waals surface area contributed by atoms with Crippen molar-refractivity contribution in [3.8, 4) is 11.5 Å². The molecule has 3 aromatic rings. The van der Waals surface area contributed by atoms with E-state index in [1.807, 2.05) is 36.4 Å². The Morgan fingerprint density at radius 1 is 0.969 bits per heavy atom. The van der Waals surface area contributed by atoms with E-state index in [9.17, 15) is 13.5 Å². The van der Waals surface area contributed by atoms with Crippen molar-refractivity contribution >= 4 is 26.5 Å². The van der Waals surface area contributed by atoms with Crippen molar-refractivity contribution in [1.82, 2.24) is 4.31 Å². The Kier molecular flexibility index (Phi) is 5.47. The normalized spacial score (nSPS) is 17.0. The van der Waals surface area contributed by atoms with Crippen molar-refractivity contribution in [2.45, 2.75) is 37.1 Å². The Labute approximate surface area is 189 Å². The molecule has 0 saturated carbocycles. The number of anilines is 1. The minimum Gasteiger partial charge on any atom is -0.508 e. The number of hydrogen-bond acceptors (Lipinski definition) is 5. The zero-order chi connectivity index (χ0) is 22.3. The van der Waals surface area contributed by atoms with Crippen molar-refractivity contribution < 1.29 is 18.3 Å². The van der Waals surface area contributed by atoms with Gasteiger partial charge in [0.25, 0.3) is 0 Å². The first-order valence-electron chi connectivity index (χ1n) is 11.1. The van der Waals surface area contributed by atoms with Crippen molar-refractivity contribution in [3.05, 3.63) is 59.7 Å². The molecule has 0 bridgehead atoms. The highest BCUT2D eigenvalue weighted by Gasteiger charge is 2.28. The van der Waals surface area contributed by atoms with Crippen LogP contribution in [0.3, 0.4) is 0 Å². The molecule has 5 rings (SSSR count). The van der Waals surface area contributed by atoms with Gasteiger partial charge in [-0.25, -0.2) is 8.42 Å². The van der Waals surface area contributed by atoms with Crippen LogP contribution in [0.2, 0.25) is 0 Å². The molecular weight excluding hydrogens is 424 g/mol. The van der Waals surface area contributed by atoms with Crippen LogP contribution in [-0.4, -0.2) is 44.6 Å². The van der Waals surface area contributed by atoms with Crippen LogP contribution >= 0.6 is 0 Å². The maximum atomic E-state index is 13.1. The van der Waals surface area contributed by atoms with E-state index in [2.05, 4.69) is 4.90 Å². The fraction of sp³-hybridized carbons (Fsp3) is 0.360. The van der Waals surface area contributed by atoms with Gasteiger partial charge < -0.3 is 14.7 Å². The number of nitrogens with zero attached hydrogens (tertiary/aromatic N) is 2. The monoisotopic (exact) mass is 452 g/mol. The van der Waals surface area contributed by atoms with Crippen molar-refractivity contribution in [2.75, 3.05) is 31.6 Å². The van der Waals surface area contributed by atoms with Gasteiger partial charge in [-0.2, -0.15) is 4.31 Å². The van der Waals surface area contributed by atoms with E-state index in [1.165, 1.54) is 0 Å². The standard InChI is InChI=1S/C25H28N2O4S/c1-31-20-7-5-18-6-10-25(28)23(22(18)16-20)17-26-14-11-19-15-21(8-9-24(19)26)32(29,30)27-12-3-2-4-13-27/h5-10,15-16,28H,2-4,11-14,17H2,1H3. The van der Waals surface area contributed by atoms with Crippen LogP contribution in [0.1, 0.15) is 30.4 Å². The Bertz CT molecular complexity index is 1270. The number of benzene rings is 3. The van der Waals surface area contributed by atoms with Crippen LogP contribution < -0.4 is 9.64 Å². The minimum absolute atomic E-state index is 0.253. The lowest BCUT2D eigenvalue weighted by Crippen LogP contribution is -2.35. The van der Waals surface area contributed by atoms with Gasteiger partial charge in [0.15, 0.2) is 0 Å². The van der Waals surface area contributed by atoms with Crippen molar-refractivity contribution in [2.24, 2.45) is 0 Å². The molecule has 0 spiro atoms. The van der Waals surface area contributed by atoms with E-state index in [-0.39, 0.29) is 5.75 Å². The maximum Gasteiger partial charge on any atom is 0.243 e. The van der Waals surface area contributed by atoms with Crippen molar-refractivity contribution in [3.63, 3.8) is 0 Å². The second kappa shape index (κ2) is 8.30. The number of aromatic hydroxyl groups is 1. The van der Waals surface area contributed by atoms with E-state index in [4.69, 9.17) is 4.74 Å². The molecule has 6 nitrogen and oxygen atoms in total. The molecule has 0 radical (unpaired) electrons. The number of sulfonamides is 1. The molecule has 0 amide bonds. The van der Waals surface area contributed by atoms with E-state index in [1.54, 1.807) is 23.5 Å². The topological polar surface area (TPSA) is 70.1 Å². The highest BCUT2D eigenvalue weighted by molar-refractivity contribution is 7.89. The van der Waals surface area contributed by atoms with Crippen LogP contribution in [0.4, 0.5) is 5.69 Å². The second-order valence-electron chi connectivity index (χ2n) is 8.58. The highest BCUT2D eigenvalue weighted by Crippen LogP contribution is 2.36. The molecule has 0 aliphatic carbocycles. The molecule has 0 atom stereocenters. The van der Waals surface area contributed by atoms with Gasteiger partial charge in [0, 0.05) is 37.4 Å². The van der Waals surface area contributed by atoms with Gasteiger partial charge >= 0.3 is 0 Å². The fourth-order valence-electron chi connectivity index (χ4n) is 4.86. The number of fused-ring (bicyclic) bond motifs is 2. The summed E-state index contributed by atoms with van der Waals surface area (Å²) >= 11 is 0. The number of phenols is 1. The van der Waals surface area contributed by atoms with Gasteiger partial charge in [0.1, 0.15) is 11.5 Å². The summed E-state index contributed by atoms with van der Waals surface area (Å²) < 4.78 is 33.2. The third kappa shape index (κ3) is 3.69. The third-order valence-corrected chi connectivity index (χ3v) is 8.55. The molecular formula is C25H28N2O4S. The van der Waals surface area contributed by atoms with Crippen molar-refractivity contribution in [1.29, 1.82) is 0 Å². The summed E-state index contributed by atoms with van der Waals surface area (Å²) in [4.78, 5) is 2.60. The fourth-order valence-corrected chi connectivity index (χ4v) is 6.43. The number of methoxy groups -OCH3 is 1. The molecule has 2 aliphatic heterocycles. The molecule has 1 fully saturated rings. The van der Waals surface area contributed by atoms with Crippen LogP contribution in [0, 0.1) is 0 Å². The van der Waals surface area contributed by atoms with Gasteiger partial charge in [-0.1, -0.05) is 18.6 Å². The summed E-state index contributed by atoms with van der Waals surface area (Å²) in [5.41, 5.74) is 2.92. The molecule has 3 aromatic carbocycles. The SMILES string of the molecule is COc1ccc2ccc(O)c(CN3CCc4cc(S(=O)(=O)N5CCCCC5)ccc43)c2c1. The summed E-state index contributed by atoms with van der Waals surface area (Å²) in [6.07, 6.45) is 3.74.